The molecule has 2 saturated heterocycles. The third-order valence-corrected chi connectivity index (χ3v) is 3.80. The van der Waals surface area contributed by atoms with Crippen LogP contribution in [0.3, 0.4) is 0 Å². The molecule has 7 nitrogen and oxygen atoms in total. The van der Waals surface area contributed by atoms with Gasteiger partial charge in [0, 0.05) is 39.8 Å². The largest absolute Gasteiger partial charge is 0.376 e. The standard InChI is InChI=1S/C13H24N4O3/c1-14-13(19)11-8-15-4-5-17(11)9-12(18)16-7-10-3-2-6-20-10/h10-11,15H,2-9H2,1H3,(H,14,19)(H,16,18). The lowest BCUT2D eigenvalue weighted by Crippen LogP contribution is -2.59. The fourth-order valence-electron chi connectivity index (χ4n) is 2.63. The molecule has 0 bridgehead atoms. The molecule has 2 rings (SSSR count). The summed E-state index contributed by atoms with van der Waals surface area (Å²) < 4.78 is 5.47. The molecule has 0 radical (unpaired) electrons. The molecule has 0 aromatic carbocycles. The van der Waals surface area contributed by atoms with E-state index in [9.17, 15) is 9.59 Å². The molecule has 2 amide bonds. The number of carbonyl (C=O) groups is 2. The summed E-state index contributed by atoms with van der Waals surface area (Å²) in [6, 6.07) is -0.276. The Bertz CT molecular complexity index is 345. The second kappa shape index (κ2) is 7.56. The maximum atomic E-state index is 12.0. The molecule has 20 heavy (non-hydrogen) atoms. The van der Waals surface area contributed by atoms with Crippen molar-refractivity contribution in [1.29, 1.82) is 0 Å². The molecule has 114 valence electrons. The average molecular weight is 284 g/mol. The zero-order valence-electron chi connectivity index (χ0n) is 12.0. The summed E-state index contributed by atoms with van der Waals surface area (Å²) >= 11 is 0. The molecule has 2 aliphatic rings. The molecule has 0 aromatic rings. The Morgan fingerprint density at radius 3 is 3.00 bits per heavy atom. The highest BCUT2D eigenvalue weighted by Gasteiger charge is 2.29. The summed E-state index contributed by atoms with van der Waals surface area (Å²) in [7, 11) is 1.62. The predicted octanol–water partition coefficient (Wildman–Crippen LogP) is -1.70. The van der Waals surface area contributed by atoms with Crippen LogP contribution in [0.15, 0.2) is 0 Å². The van der Waals surface area contributed by atoms with Gasteiger partial charge in [-0.25, -0.2) is 0 Å². The van der Waals surface area contributed by atoms with Gasteiger partial charge in [0.2, 0.25) is 11.8 Å². The fourth-order valence-corrected chi connectivity index (χ4v) is 2.63. The van der Waals surface area contributed by atoms with Crippen molar-refractivity contribution in [3.05, 3.63) is 0 Å². The van der Waals surface area contributed by atoms with E-state index in [1.165, 1.54) is 0 Å². The Kier molecular flexibility index (Phi) is 5.75. The minimum atomic E-state index is -0.276. The number of nitrogens with zero attached hydrogens (tertiary/aromatic N) is 1. The Balaban J connectivity index is 1.77. The molecule has 3 N–H and O–H groups in total. The molecule has 2 atom stereocenters. The highest BCUT2D eigenvalue weighted by molar-refractivity contribution is 5.83. The van der Waals surface area contributed by atoms with E-state index in [0.717, 1.165) is 26.0 Å². The van der Waals surface area contributed by atoms with Gasteiger partial charge in [-0.1, -0.05) is 0 Å². The lowest BCUT2D eigenvalue weighted by Gasteiger charge is -2.34. The van der Waals surface area contributed by atoms with Crippen LogP contribution in [0.2, 0.25) is 0 Å². The molecular weight excluding hydrogens is 260 g/mol. The number of hydrogen-bond donors (Lipinski definition) is 3. The molecular formula is C13H24N4O3. The normalized spacial score (nSPS) is 27.2. The third-order valence-electron chi connectivity index (χ3n) is 3.80. The summed E-state index contributed by atoms with van der Waals surface area (Å²) in [6.07, 6.45) is 2.22. The van der Waals surface area contributed by atoms with E-state index in [4.69, 9.17) is 4.74 Å². The van der Waals surface area contributed by atoms with Gasteiger partial charge in [-0.05, 0) is 12.8 Å². The van der Waals surface area contributed by atoms with Crippen LogP contribution in [0.25, 0.3) is 0 Å². The number of hydrogen-bond acceptors (Lipinski definition) is 5. The van der Waals surface area contributed by atoms with Gasteiger partial charge in [-0.3, -0.25) is 14.5 Å². The first kappa shape index (κ1) is 15.2. The van der Waals surface area contributed by atoms with E-state index < -0.39 is 0 Å². The summed E-state index contributed by atoms with van der Waals surface area (Å²) in [5.41, 5.74) is 0. The molecule has 0 saturated carbocycles. The second-order valence-corrected chi connectivity index (χ2v) is 5.24. The van der Waals surface area contributed by atoms with Gasteiger partial charge >= 0.3 is 0 Å². The highest BCUT2D eigenvalue weighted by Crippen LogP contribution is 2.10. The van der Waals surface area contributed by atoms with Crippen LogP contribution < -0.4 is 16.0 Å². The topological polar surface area (TPSA) is 82.7 Å². The van der Waals surface area contributed by atoms with Crippen LogP contribution >= 0.6 is 0 Å². The third kappa shape index (κ3) is 4.16. The second-order valence-electron chi connectivity index (χ2n) is 5.24. The molecule has 2 aliphatic heterocycles. The van der Waals surface area contributed by atoms with Gasteiger partial charge in [0.25, 0.3) is 0 Å². The fraction of sp³-hybridized carbons (Fsp3) is 0.846. The van der Waals surface area contributed by atoms with Crippen LogP contribution in [0.5, 0.6) is 0 Å². The number of amides is 2. The Morgan fingerprint density at radius 2 is 2.30 bits per heavy atom. The van der Waals surface area contributed by atoms with Crippen LogP contribution in [0, 0.1) is 0 Å². The first-order valence-corrected chi connectivity index (χ1v) is 7.25. The van der Waals surface area contributed by atoms with Crippen molar-refractivity contribution in [1.82, 2.24) is 20.9 Å². The van der Waals surface area contributed by atoms with Crippen LogP contribution in [-0.4, -0.2) is 75.2 Å². The maximum absolute atomic E-state index is 12.0. The van der Waals surface area contributed by atoms with Gasteiger partial charge < -0.3 is 20.7 Å². The molecule has 2 unspecified atom stereocenters. The smallest absolute Gasteiger partial charge is 0.238 e. The van der Waals surface area contributed by atoms with Crippen molar-refractivity contribution in [3.63, 3.8) is 0 Å². The zero-order valence-corrected chi connectivity index (χ0v) is 12.0. The quantitative estimate of drug-likeness (QED) is 0.561. The van der Waals surface area contributed by atoms with E-state index in [1.807, 2.05) is 4.90 Å². The van der Waals surface area contributed by atoms with Crippen LogP contribution in [0.1, 0.15) is 12.8 Å². The van der Waals surface area contributed by atoms with E-state index in [1.54, 1.807) is 7.05 Å². The molecule has 0 spiro atoms. The Hall–Kier alpha value is -1.18. The van der Waals surface area contributed by atoms with Gasteiger partial charge in [0.1, 0.15) is 6.04 Å². The van der Waals surface area contributed by atoms with Crippen LogP contribution in [0.4, 0.5) is 0 Å². The number of nitrogens with one attached hydrogen (secondary N) is 3. The summed E-state index contributed by atoms with van der Waals surface area (Å²) in [5.74, 6) is -0.0968. The van der Waals surface area contributed by atoms with E-state index in [2.05, 4.69) is 16.0 Å². The van der Waals surface area contributed by atoms with E-state index >= 15 is 0 Å². The Labute approximate surface area is 119 Å². The first-order valence-electron chi connectivity index (χ1n) is 7.25. The lowest BCUT2D eigenvalue weighted by molar-refractivity contribution is -0.129. The monoisotopic (exact) mass is 284 g/mol. The summed E-state index contributed by atoms with van der Waals surface area (Å²) in [4.78, 5) is 25.7. The minimum absolute atomic E-state index is 0.0451. The number of ether oxygens (including phenoxy) is 1. The number of piperazine rings is 1. The number of carbonyl (C=O) groups excluding carboxylic acids is 2. The highest BCUT2D eigenvalue weighted by atomic mass is 16.5. The molecule has 0 aromatic heterocycles. The number of likely N-dealkylation sites (N-methyl/N-ethyl adjacent to an activating group) is 1. The van der Waals surface area contributed by atoms with Crippen molar-refractivity contribution in [2.24, 2.45) is 0 Å². The van der Waals surface area contributed by atoms with Gasteiger partial charge in [-0.2, -0.15) is 0 Å². The molecule has 7 heteroatoms. The molecule has 2 fully saturated rings. The average Bonchev–Trinajstić information content (AvgIpc) is 2.98. The van der Waals surface area contributed by atoms with Crippen LogP contribution in [-0.2, 0) is 14.3 Å². The summed E-state index contributed by atoms with van der Waals surface area (Å²) in [6.45, 7) is 3.69. The maximum Gasteiger partial charge on any atom is 0.238 e. The van der Waals surface area contributed by atoms with Crippen molar-refractivity contribution in [2.45, 2.75) is 25.0 Å². The van der Waals surface area contributed by atoms with E-state index in [-0.39, 0.29) is 30.5 Å². The first-order chi connectivity index (χ1) is 9.70. The SMILES string of the molecule is CNC(=O)C1CNCCN1CC(=O)NCC1CCCO1. The lowest BCUT2D eigenvalue weighted by atomic mass is 10.1. The molecule has 2 heterocycles. The molecule has 0 aliphatic carbocycles. The van der Waals surface area contributed by atoms with Gasteiger partial charge in [-0.15, -0.1) is 0 Å². The predicted molar refractivity (Wildman–Crippen MR) is 74.3 cm³/mol. The van der Waals surface area contributed by atoms with Crippen molar-refractivity contribution >= 4 is 11.8 Å². The van der Waals surface area contributed by atoms with E-state index in [0.29, 0.717) is 19.6 Å². The summed E-state index contributed by atoms with van der Waals surface area (Å²) in [5, 5.41) is 8.71. The van der Waals surface area contributed by atoms with Crippen molar-refractivity contribution in [2.75, 3.05) is 46.4 Å². The van der Waals surface area contributed by atoms with Crippen molar-refractivity contribution in [3.8, 4) is 0 Å². The number of rotatable bonds is 5. The minimum Gasteiger partial charge on any atom is -0.376 e. The Morgan fingerprint density at radius 1 is 1.45 bits per heavy atom. The van der Waals surface area contributed by atoms with Gasteiger partial charge in [0.15, 0.2) is 0 Å². The van der Waals surface area contributed by atoms with Gasteiger partial charge in [0.05, 0.1) is 12.6 Å². The zero-order chi connectivity index (χ0) is 14.4. The van der Waals surface area contributed by atoms with Crippen molar-refractivity contribution < 1.29 is 14.3 Å².